The molecule has 1 heterocycles. The topological polar surface area (TPSA) is 103 Å². The van der Waals surface area contributed by atoms with Gasteiger partial charge in [0, 0.05) is 10.0 Å². The van der Waals surface area contributed by atoms with Gasteiger partial charge in [-0.15, -0.1) is 0 Å². The van der Waals surface area contributed by atoms with Crippen LogP contribution < -0.4 is 26.1 Å². The Bertz CT molecular complexity index is 849. The lowest BCUT2D eigenvalue weighted by molar-refractivity contribution is -0.117. The van der Waals surface area contributed by atoms with Crippen molar-refractivity contribution in [1.82, 2.24) is 10.7 Å². The number of fused-ring (bicyclic) bond motifs is 1. The van der Waals surface area contributed by atoms with Crippen molar-refractivity contribution in [1.29, 1.82) is 0 Å². The number of amides is 2. The molecule has 7 nitrogen and oxygen atoms in total. The fourth-order valence-electron chi connectivity index (χ4n) is 2.20. The van der Waals surface area contributed by atoms with Crippen LogP contribution in [0.4, 0.5) is 0 Å². The van der Waals surface area contributed by atoms with E-state index in [1.807, 2.05) is 5.43 Å². The SMILES string of the molecule is NNC(=O)C(=Cc1ccc2c(c1)OCO2)NC(=O)c1ccc(Br)cc1. The van der Waals surface area contributed by atoms with Crippen molar-refractivity contribution in [2.45, 2.75) is 0 Å². The van der Waals surface area contributed by atoms with Gasteiger partial charge in [-0.05, 0) is 48.0 Å². The van der Waals surface area contributed by atoms with Gasteiger partial charge in [0.2, 0.25) is 6.79 Å². The Morgan fingerprint density at radius 1 is 1.08 bits per heavy atom. The smallest absolute Gasteiger partial charge is 0.281 e. The average Bonchev–Trinajstić information content (AvgIpc) is 3.08. The minimum atomic E-state index is -0.622. The quantitative estimate of drug-likeness (QED) is 0.313. The van der Waals surface area contributed by atoms with E-state index < -0.39 is 11.8 Å². The highest BCUT2D eigenvalue weighted by atomic mass is 79.9. The van der Waals surface area contributed by atoms with Gasteiger partial charge in [0.1, 0.15) is 5.70 Å². The summed E-state index contributed by atoms with van der Waals surface area (Å²) >= 11 is 3.30. The predicted molar refractivity (Wildman–Crippen MR) is 94.5 cm³/mol. The van der Waals surface area contributed by atoms with Gasteiger partial charge in [-0.2, -0.15) is 0 Å². The van der Waals surface area contributed by atoms with Crippen molar-refractivity contribution in [2.75, 3.05) is 6.79 Å². The highest BCUT2D eigenvalue weighted by molar-refractivity contribution is 9.10. The molecular weight excluding hydrogens is 390 g/mol. The Kier molecular flexibility index (Phi) is 5.01. The molecule has 1 aliphatic heterocycles. The summed E-state index contributed by atoms with van der Waals surface area (Å²) in [7, 11) is 0. The molecule has 2 aromatic rings. The number of hydrazine groups is 1. The molecule has 8 heteroatoms. The van der Waals surface area contributed by atoms with E-state index >= 15 is 0 Å². The number of halogens is 1. The van der Waals surface area contributed by atoms with Gasteiger partial charge in [0.15, 0.2) is 11.5 Å². The number of rotatable bonds is 4. The summed E-state index contributed by atoms with van der Waals surface area (Å²) in [4.78, 5) is 24.3. The molecule has 0 fully saturated rings. The lowest BCUT2D eigenvalue weighted by Crippen LogP contribution is -2.38. The number of hydrogen-bond donors (Lipinski definition) is 3. The van der Waals surface area contributed by atoms with E-state index in [1.165, 1.54) is 6.08 Å². The molecule has 0 saturated carbocycles. The summed E-state index contributed by atoms with van der Waals surface area (Å²) in [5, 5.41) is 2.56. The number of benzene rings is 2. The number of carbonyl (C=O) groups excluding carboxylic acids is 2. The molecule has 25 heavy (non-hydrogen) atoms. The normalized spacial score (nSPS) is 12.6. The first-order valence-electron chi connectivity index (χ1n) is 7.26. The fourth-order valence-corrected chi connectivity index (χ4v) is 2.47. The minimum absolute atomic E-state index is 0.00860. The van der Waals surface area contributed by atoms with E-state index in [1.54, 1.807) is 42.5 Å². The molecule has 2 aromatic carbocycles. The van der Waals surface area contributed by atoms with Gasteiger partial charge in [-0.3, -0.25) is 15.0 Å². The fraction of sp³-hybridized carbons (Fsp3) is 0.0588. The minimum Gasteiger partial charge on any atom is -0.454 e. The second-order valence-corrected chi connectivity index (χ2v) is 6.02. The molecule has 0 unspecified atom stereocenters. The molecular formula is C17H14BrN3O4. The monoisotopic (exact) mass is 403 g/mol. The summed E-state index contributed by atoms with van der Waals surface area (Å²) in [6, 6.07) is 11.9. The summed E-state index contributed by atoms with van der Waals surface area (Å²) in [5.74, 6) is 5.35. The molecule has 1 aliphatic rings. The first kappa shape index (κ1) is 17.0. The molecule has 0 atom stereocenters. The molecule has 128 valence electrons. The highest BCUT2D eigenvalue weighted by Crippen LogP contribution is 2.33. The summed E-state index contributed by atoms with van der Waals surface area (Å²) in [6.07, 6.45) is 1.50. The zero-order chi connectivity index (χ0) is 17.8. The summed E-state index contributed by atoms with van der Waals surface area (Å²) < 4.78 is 11.4. The lowest BCUT2D eigenvalue weighted by Gasteiger charge is -2.09. The Morgan fingerprint density at radius 3 is 2.52 bits per heavy atom. The molecule has 0 aromatic heterocycles. The third kappa shape index (κ3) is 3.98. The molecule has 0 aliphatic carbocycles. The van der Waals surface area contributed by atoms with E-state index in [0.717, 1.165) is 4.47 Å². The van der Waals surface area contributed by atoms with Crippen molar-refractivity contribution >= 4 is 33.8 Å². The van der Waals surface area contributed by atoms with Crippen LogP contribution in [0.25, 0.3) is 6.08 Å². The standard InChI is InChI=1S/C17H14BrN3O4/c18-12-4-2-11(3-5-12)16(22)20-13(17(23)21-19)7-10-1-6-14-15(8-10)25-9-24-14/h1-8H,9,19H2,(H,20,22)(H,21,23). The first-order chi connectivity index (χ1) is 12.1. The van der Waals surface area contributed by atoms with Crippen molar-refractivity contribution in [3.05, 3.63) is 63.8 Å². The van der Waals surface area contributed by atoms with Crippen LogP contribution in [0.15, 0.2) is 52.6 Å². The van der Waals surface area contributed by atoms with Crippen LogP contribution >= 0.6 is 15.9 Å². The summed E-state index contributed by atoms with van der Waals surface area (Å²) in [6.45, 7) is 0.152. The number of ether oxygens (including phenoxy) is 2. The van der Waals surface area contributed by atoms with E-state index in [9.17, 15) is 9.59 Å². The van der Waals surface area contributed by atoms with Crippen LogP contribution in [-0.2, 0) is 4.79 Å². The van der Waals surface area contributed by atoms with Gasteiger partial charge >= 0.3 is 0 Å². The maximum atomic E-state index is 12.3. The highest BCUT2D eigenvalue weighted by Gasteiger charge is 2.16. The molecule has 0 saturated heterocycles. The second-order valence-electron chi connectivity index (χ2n) is 5.11. The van der Waals surface area contributed by atoms with Crippen LogP contribution in [0.3, 0.4) is 0 Å². The zero-order valence-corrected chi connectivity index (χ0v) is 14.5. The third-order valence-corrected chi connectivity index (χ3v) is 3.97. The lowest BCUT2D eigenvalue weighted by atomic mass is 10.1. The number of nitrogens with one attached hydrogen (secondary N) is 2. The van der Waals surface area contributed by atoms with Gasteiger partial charge in [0.25, 0.3) is 11.8 Å². The molecule has 0 spiro atoms. The van der Waals surface area contributed by atoms with Crippen LogP contribution in [-0.4, -0.2) is 18.6 Å². The third-order valence-electron chi connectivity index (χ3n) is 3.44. The van der Waals surface area contributed by atoms with Gasteiger partial charge in [-0.1, -0.05) is 22.0 Å². The predicted octanol–water partition coefficient (Wildman–Crippen LogP) is 1.94. The van der Waals surface area contributed by atoms with E-state index in [0.29, 0.717) is 22.6 Å². The Hall–Kier alpha value is -2.84. The molecule has 2 amide bonds. The van der Waals surface area contributed by atoms with E-state index in [2.05, 4.69) is 21.2 Å². The molecule has 0 bridgehead atoms. The van der Waals surface area contributed by atoms with Crippen LogP contribution in [0.2, 0.25) is 0 Å². The largest absolute Gasteiger partial charge is 0.454 e. The van der Waals surface area contributed by atoms with E-state index in [-0.39, 0.29) is 12.5 Å². The number of carbonyl (C=O) groups is 2. The average molecular weight is 404 g/mol. The van der Waals surface area contributed by atoms with Crippen molar-refractivity contribution in [3.8, 4) is 11.5 Å². The van der Waals surface area contributed by atoms with Crippen molar-refractivity contribution in [2.24, 2.45) is 5.84 Å². The van der Waals surface area contributed by atoms with Gasteiger partial charge in [-0.25, -0.2) is 5.84 Å². The van der Waals surface area contributed by atoms with Crippen LogP contribution in [0.1, 0.15) is 15.9 Å². The Balaban J connectivity index is 1.85. The van der Waals surface area contributed by atoms with Gasteiger partial charge < -0.3 is 14.8 Å². The zero-order valence-electron chi connectivity index (χ0n) is 12.9. The molecule has 4 N–H and O–H groups in total. The number of nitrogens with two attached hydrogens (primary N) is 1. The van der Waals surface area contributed by atoms with Crippen LogP contribution in [0, 0.1) is 0 Å². The Morgan fingerprint density at radius 2 is 1.80 bits per heavy atom. The summed E-state index contributed by atoms with van der Waals surface area (Å²) in [5.41, 5.74) is 3.09. The van der Waals surface area contributed by atoms with Gasteiger partial charge in [0.05, 0.1) is 0 Å². The first-order valence-corrected chi connectivity index (χ1v) is 8.05. The second kappa shape index (κ2) is 7.37. The maximum absolute atomic E-state index is 12.3. The molecule has 0 radical (unpaired) electrons. The van der Waals surface area contributed by atoms with Crippen LogP contribution in [0.5, 0.6) is 11.5 Å². The number of hydrogen-bond acceptors (Lipinski definition) is 5. The Labute approximate surface area is 151 Å². The van der Waals surface area contributed by atoms with Crippen molar-refractivity contribution < 1.29 is 19.1 Å². The molecule has 3 rings (SSSR count). The van der Waals surface area contributed by atoms with Crippen molar-refractivity contribution in [3.63, 3.8) is 0 Å². The van der Waals surface area contributed by atoms with E-state index in [4.69, 9.17) is 15.3 Å². The maximum Gasteiger partial charge on any atom is 0.281 e.